The first-order valence-electron chi connectivity index (χ1n) is 7.70. The Hall–Kier alpha value is -1.61. The van der Waals surface area contributed by atoms with Gasteiger partial charge in [-0.2, -0.15) is 0 Å². The number of carbonyl (C=O) groups is 1. The lowest BCUT2D eigenvalue weighted by atomic mass is 10.1. The molecular weight excluding hydrogens is 264 g/mol. The summed E-state index contributed by atoms with van der Waals surface area (Å²) in [6.45, 7) is 2.07. The van der Waals surface area contributed by atoms with Gasteiger partial charge in [-0.3, -0.25) is 4.79 Å². The Balaban J connectivity index is 3.56. The van der Waals surface area contributed by atoms with Crippen LogP contribution in [0.2, 0.25) is 0 Å². The minimum absolute atomic E-state index is 0.257. The summed E-state index contributed by atoms with van der Waals surface area (Å²) < 4.78 is 0. The second kappa shape index (κ2) is 14.8. The van der Waals surface area contributed by atoms with Crippen LogP contribution < -0.4 is 0 Å². The highest BCUT2D eigenvalue weighted by Crippen LogP contribution is 2.02. The van der Waals surface area contributed by atoms with Gasteiger partial charge < -0.3 is 10.2 Å². The second-order valence-corrected chi connectivity index (χ2v) is 4.84. The molecule has 0 heterocycles. The van der Waals surface area contributed by atoms with E-state index in [2.05, 4.69) is 19.1 Å². The van der Waals surface area contributed by atoms with Crippen LogP contribution in [-0.2, 0) is 4.79 Å². The van der Waals surface area contributed by atoms with E-state index in [0.717, 1.165) is 32.1 Å². The van der Waals surface area contributed by atoms with Crippen molar-refractivity contribution in [2.45, 2.75) is 58.0 Å². The number of allylic oxidation sites excluding steroid dienone is 6. The molecule has 0 spiro atoms. The standard InChI is InChI=1S/C18H28O3/c1-2-3-4-11-14-17(19)15-12-9-7-5-6-8-10-13-16-18(20)21/h3-6,9,11-12,14,17,19H,2,7-8,10,13,15-16H2,1H3,(H,20,21)/b4-3-,6-5-,12-9-,14-11+. The monoisotopic (exact) mass is 292 g/mol. The molecule has 0 fully saturated rings. The molecule has 0 rings (SSSR count). The molecule has 1 unspecified atom stereocenters. The van der Waals surface area contributed by atoms with Gasteiger partial charge in [-0.15, -0.1) is 0 Å². The van der Waals surface area contributed by atoms with E-state index >= 15 is 0 Å². The molecule has 2 N–H and O–H groups in total. The summed E-state index contributed by atoms with van der Waals surface area (Å²) in [6.07, 6.45) is 20.7. The van der Waals surface area contributed by atoms with Gasteiger partial charge in [-0.1, -0.05) is 55.5 Å². The van der Waals surface area contributed by atoms with Crippen LogP contribution in [-0.4, -0.2) is 22.3 Å². The third kappa shape index (κ3) is 16.3. The average molecular weight is 292 g/mol. The highest BCUT2D eigenvalue weighted by atomic mass is 16.4. The van der Waals surface area contributed by atoms with Crippen molar-refractivity contribution in [3.63, 3.8) is 0 Å². The summed E-state index contributed by atoms with van der Waals surface area (Å²) in [4.78, 5) is 10.3. The summed E-state index contributed by atoms with van der Waals surface area (Å²) in [5.74, 6) is -0.722. The highest BCUT2D eigenvalue weighted by Gasteiger charge is 1.94. The van der Waals surface area contributed by atoms with Gasteiger partial charge in [-0.05, 0) is 38.5 Å². The van der Waals surface area contributed by atoms with Gasteiger partial charge in [-0.25, -0.2) is 0 Å². The first-order chi connectivity index (χ1) is 10.2. The molecule has 0 bridgehead atoms. The fraction of sp³-hybridized carbons (Fsp3) is 0.500. The van der Waals surface area contributed by atoms with E-state index in [0.29, 0.717) is 6.42 Å². The normalized spacial score (nSPS) is 14.0. The fourth-order valence-corrected chi connectivity index (χ4v) is 1.65. The summed E-state index contributed by atoms with van der Waals surface area (Å²) in [5.41, 5.74) is 0. The smallest absolute Gasteiger partial charge is 0.303 e. The van der Waals surface area contributed by atoms with Gasteiger partial charge in [0.15, 0.2) is 0 Å². The maximum atomic E-state index is 10.3. The molecule has 0 radical (unpaired) electrons. The molecule has 0 aliphatic carbocycles. The first-order valence-corrected chi connectivity index (χ1v) is 7.70. The van der Waals surface area contributed by atoms with E-state index < -0.39 is 12.1 Å². The van der Waals surface area contributed by atoms with Crippen molar-refractivity contribution in [2.24, 2.45) is 0 Å². The molecule has 21 heavy (non-hydrogen) atoms. The summed E-state index contributed by atoms with van der Waals surface area (Å²) in [5, 5.41) is 18.1. The predicted octanol–water partition coefficient (Wildman–Crippen LogP) is 4.41. The quantitative estimate of drug-likeness (QED) is 0.318. The fourth-order valence-electron chi connectivity index (χ4n) is 1.65. The van der Waals surface area contributed by atoms with E-state index in [4.69, 9.17) is 5.11 Å². The lowest BCUT2D eigenvalue weighted by Crippen LogP contribution is -1.98. The number of carboxylic acid groups (broad SMARTS) is 1. The summed E-state index contributed by atoms with van der Waals surface area (Å²) >= 11 is 0. The number of hydrogen-bond acceptors (Lipinski definition) is 2. The molecule has 0 aliphatic rings. The molecule has 3 heteroatoms. The Morgan fingerprint density at radius 1 is 1.05 bits per heavy atom. The molecule has 118 valence electrons. The third-order valence-corrected chi connectivity index (χ3v) is 2.81. The van der Waals surface area contributed by atoms with Gasteiger partial charge in [0, 0.05) is 6.42 Å². The minimum atomic E-state index is -0.722. The van der Waals surface area contributed by atoms with Crippen molar-refractivity contribution in [1.82, 2.24) is 0 Å². The lowest BCUT2D eigenvalue weighted by molar-refractivity contribution is -0.137. The number of hydrogen-bond donors (Lipinski definition) is 2. The molecule has 0 aromatic heterocycles. The van der Waals surface area contributed by atoms with Crippen LogP contribution in [0.4, 0.5) is 0 Å². The van der Waals surface area contributed by atoms with Crippen molar-refractivity contribution < 1.29 is 15.0 Å². The van der Waals surface area contributed by atoms with Gasteiger partial charge in [0.1, 0.15) is 0 Å². The van der Waals surface area contributed by atoms with Crippen molar-refractivity contribution in [3.8, 4) is 0 Å². The Labute approximate surface area is 128 Å². The first kappa shape index (κ1) is 19.4. The Kier molecular flexibility index (Phi) is 13.7. The number of aliphatic hydroxyl groups is 1. The van der Waals surface area contributed by atoms with E-state index in [1.54, 1.807) is 6.08 Å². The Morgan fingerprint density at radius 2 is 1.81 bits per heavy atom. The second-order valence-electron chi connectivity index (χ2n) is 4.84. The van der Waals surface area contributed by atoms with Crippen LogP contribution in [0, 0.1) is 0 Å². The van der Waals surface area contributed by atoms with Crippen molar-refractivity contribution >= 4 is 5.97 Å². The maximum Gasteiger partial charge on any atom is 0.303 e. The zero-order chi connectivity index (χ0) is 15.8. The maximum absolute atomic E-state index is 10.3. The van der Waals surface area contributed by atoms with Crippen LogP contribution >= 0.6 is 0 Å². The Morgan fingerprint density at radius 3 is 2.52 bits per heavy atom. The molecule has 0 saturated carbocycles. The van der Waals surface area contributed by atoms with Crippen LogP contribution in [0.5, 0.6) is 0 Å². The van der Waals surface area contributed by atoms with E-state index in [1.807, 2.05) is 30.4 Å². The van der Waals surface area contributed by atoms with Crippen molar-refractivity contribution in [2.75, 3.05) is 0 Å². The average Bonchev–Trinajstić information content (AvgIpc) is 2.45. The highest BCUT2D eigenvalue weighted by molar-refractivity contribution is 5.66. The number of aliphatic hydroxyl groups excluding tert-OH is 1. The van der Waals surface area contributed by atoms with Crippen molar-refractivity contribution in [1.29, 1.82) is 0 Å². The van der Waals surface area contributed by atoms with Gasteiger partial charge in [0.2, 0.25) is 0 Å². The number of carboxylic acids is 1. The summed E-state index contributed by atoms with van der Waals surface area (Å²) in [6, 6.07) is 0. The zero-order valence-electron chi connectivity index (χ0n) is 12.9. The number of rotatable bonds is 12. The molecule has 0 aromatic carbocycles. The van der Waals surface area contributed by atoms with Gasteiger partial charge in [0.25, 0.3) is 0 Å². The van der Waals surface area contributed by atoms with E-state index in [-0.39, 0.29) is 6.42 Å². The SMILES string of the molecule is CC/C=C\C=C\C(O)C/C=C\C/C=C\CCCCC(=O)O. The molecule has 0 saturated heterocycles. The molecular formula is C18H28O3. The molecule has 0 aliphatic heterocycles. The third-order valence-electron chi connectivity index (χ3n) is 2.81. The van der Waals surface area contributed by atoms with E-state index in [9.17, 15) is 9.90 Å². The van der Waals surface area contributed by atoms with E-state index in [1.165, 1.54) is 0 Å². The predicted molar refractivity (Wildman–Crippen MR) is 88.2 cm³/mol. The topological polar surface area (TPSA) is 57.5 Å². The largest absolute Gasteiger partial charge is 0.481 e. The molecule has 1 atom stereocenters. The zero-order valence-corrected chi connectivity index (χ0v) is 12.9. The lowest BCUT2D eigenvalue weighted by Gasteiger charge is -1.98. The Bertz CT molecular complexity index is 365. The van der Waals surface area contributed by atoms with Crippen LogP contribution in [0.25, 0.3) is 0 Å². The number of unbranched alkanes of at least 4 members (excludes halogenated alkanes) is 2. The van der Waals surface area contributed by atoms with Gasteiger partial charge >= 0.3 is 5.97 Å². The van der Waals surface area contributed by atoms with Crippen LogP contribution in [0.15, 0.2) is 48.6 Å². The molecule has 0 amide bonds. The summed E-state index contributed by atoms with van der Waals surface area (Å²) in [7, 11) is 0. The molecule has 0 aromatic rings. The van der Waals surface area contributed by atoms with Crippen LogP contribution in [0.3, 0.4) is 0 Å². The van der Waals surface area contributed by atoms with Gasteiger partial charge in [0.05, 0.1) is 6.10 Å². The minimum Gasteiger partial charge on any atom is -0.481 e. The van der Waals surface area contributed by atoms with Crippen LogP contribution in [0.1, 0.15) is 51.9 Å². The number of aliphatic carboxylic acids is 1. The molecule has 3 nitrogen and oxygen atoms in total. The van der Waals surface area contributed by atoms with Crippen molar-refractivity contribution in [3.05, 3.63) is 48.6 Å².